The Morgan fingerprint density at radius 1 is 1.34 bits per heavy atom. The number of carbonyl (C=O) groups is 1. The Hall–Kier alpha value is -1.97. The molecule has 1 aliphatic carbocycles. The fraction of sp³-hybridized carbons (Fsp3) is 0.650. The van der Waals surface area contributed by atoms with E-state index in [2.05, 4.69) is 15.3 Å². The van der Waals surface area contributed by atoms with Crippen LogP contribution in [0.4, 0.5) is 0 Å². The molecular formula is C20H27N3O5S. The third kappa shape index (κ3) is 5.55. The average Bonchev–Trinajstić information content (AvgIpc) is 3.28. The summed E-state index contributed by atoms with van der Waals surface area (Å²) in [6.07, 6.45) is 3.17. The minimum absolute atomic E-state index is 0.0300. The predicted octanol–water partition coefficient (Wildman–Crippen LogP) is 2.56. The Kier molecular flexibility index (Phi) is 6.46. The van der Waals surface area contributed by atoms with E-state index in [4.69, 9.17) is 18.9 Å². The molecule has 0 spiro atoms. The molecule has 2 atom stereocenters. The van der Waals surface area contributed by atoms with Crippen LogP contribution in [0.2, 0.25) is 0 Å². The number of nitrogens with zero attached hydrogens (tertiary/aromatic N) is 2. The van der Waals surface area contributed by atoms with E-state index in [0.717, 1.165) is 36.2 Å². The highest BCUT2D eigenvalue weighted by molar-refractivity contribution is 7.19. The molecule has 2 aromatic rings. The molecule has 29 heavy (non-hydrogen) atoms. The van der Waals surface area contributed by atoms with Gasteiger partial charge in [-0.2, -0.15) is 0 Å². The third-order valence-electron chi connectivity index (χ3n) is 5.06. The smallest absolute Gasteiger partial charge is 0.276 e. The second kappa shape index (κ2) is 9.23. The SMILES string of the molecule is CC(=O)N[C@@H](C)CO[C@H]1C[C@H](COc2ccc3nc(O[C@@H]4CCOC4)sc3n2)C1. The maximum atomic E-state index is 11.0. The first-order chi connectivity index (χ1) is 14.0. The maximum Gasteiger partial charge on any atom is 0.276 e. The Morgan fingerprint density at radius 2 is 2.21 bits per heavy atom. The van der Waals surface area contributed by atoms with Crippen LogP contribution in [-0.4, -0.2) is 60.6 Å². The van der Waals surface area contributed by atoms with E-state index < -0.39 is 0 Å². The van der Waals surface area contributed by atoms with Crippen molar-refractivity contribution in [2.24, 2.45) is 5.92 Å². The Labute approximate surface area is 173 Å². The molecule has 1 saturated carbocycles. The number of thiazole rings is 1. The van der Waals surface area contributed by atoms with Crippen molar-refractivity contribution in [1.82, 2.24) is 15.3 Å². The van der Waals surface area contributed by atoms with Crippen molar-refractivity contribution in [3.8, 4) is 11.1 Å². The number of hydrogen-bond acceptors (Lipinski definition) is 8. The maximum absolute atomic E-state index is 11.0. The molecule has 0 bridgehead atoms. The van der Waals surface area contributed by atoms with E-state index in [0.29, 0.717) is 36.8 Å². The molecule has 0 unspecified atom stereocenters. The molecule has 4 rings (SSSR count). The number of fused-ring (bicyclic) bond motifs is 1. The topological polar surface area (TPSA) is 91.8 Å². The molecule has 3 heterocycles. The Morgan fingerprint density at radius 3 is 2.97 bits per heavy atom. The fourth-order valence-electron chi connectivity index (χ4n) is 3.48. The highest BCUT2D eigenvalue weighted by Gasteiger charge is 2.31. The molecule has 0 aromatic carbocycles. The van der Waals surface area contributed by atoms with Gasteiger partial charge < -0.3 is 24.3 Å². The zero-order valence-corrected chi connectivity index (χ0v) is 17.6. The average molecular weight is 422 g/mol. The molecule has 2 aromatic heterocycles. The largest absolute Gasteiger partial charge is 0.477 e. The van der Waals surface area contributed by atoms with Crippen LogP contribution in [0.15, 0.2) is 12.1 Å². The lowest BCUT2D eigenvalue weighted by Gasteiger charge is -2.35. The van der Waals surface area contributed by atoms with Crippen LogP contribution < -0.4 is 14.8 Å². The van der Waals surface area contributed by atoms with Gasteiger partial charge in [0.05, 0.1) is 32.5 Å². The van der Waals surface area contributed by atoms with Gasteiger partial charge in [0.2, 0.25) is 11.8 Å². The van der Waals surface area contributed by atoms with Gasteiger partial charge in [-0.3, -0.25) is 4.79 Å². The summed E-state index contributed by atoms with van der Waals surface area (Å²) in [7, 11) is 0. The normalized spacial score (nSPS) is 24.8. The summed E-state index contributed by atoms with van der Waals surface area (Å²) in [5.41, 5.74) is 0.821. The van der Waals surface area contributed by atoms with Crippen molar-refractivity contribution in [3.63, 3.8) is 0 Å². The van der Waals surface area contributed by atoms with Gasteiger partial charge in [0.25, 0.3) is 5.19 Å². The van der Waals surface area contributed by atoms with Gasteiger partial charge in [0, 0.05) is 25.5 Å². The molecule has 1 amide bonds. The molecule has 9 heteroatoms. The number of nitrogens with one attached hydrogen (secondary N) is 1. The van der Waals surface area contributed by atoms with Crippen LogP contribution >= 0.6 is 11.3 Å². The van der Waals surface area contributed by atoms with Gasteiger partial charge >= 0.3 is 0 Å². The van der Waals surface area contributed by atoms with Crippen LogP contribution in [0.1, 0.15) is 33.1 Å². The van der Waals surface area contributed by atoms with Crippen molar-refractivity contribution in [3.05, 3.63) is 12.1 Å². The summed E-state index contributed by atoms with van der Waals surface area (Å²) < 4.78 is 22.9. The van der Waals surface area contributed by atoms with Crippen molar-refractivity contribution in [2.45, 2.75) is 51.4 Å². The zero-order valence-electron chi connectivity index (χ0n) is 16.8. The Balaban J connectivity index is 1.20. The standard InChI is InChI=1S/C20H27N3O5S/c1-12(21-13(2)24)9-26-16-7-14(8-16)10-27-18-4-3-17-19(23-18)29-20(22-17)28-15-5-6-25-11-15/h3-4,12,14-16H,5-11H2,1-2H3,(H,21,24)/t12-,14-,15+,16-/m0/s1. The van der Waals surface area contributed by atoms with Gasteiger partial charge in [-0.25, -0.2) is 9.97 Å². The molecule has 158 valence electrons. The zero-order chi connectivity index (χ0) is 20.2. The van der Waals surface area contributed by atoms with Gasteiger partial charge in [-0.15, -0.1) is 0 Å². The Bertz CT molecular complexity index is 833. The summed E-state index contributed by atoms with van der Waals surface area (Å²) in [5.74, 6) is 1.05. The summed E-state index contributed by atoms with van der Waals surface area (Å²) >= 11 is 1.44. The number of ether oxygens (including phenoxy) is 4. The van der Waals surface area contributed by atoms with Crippen molar-refractivity contribution in [1.29, 1.82) is 0 Å². The van der Waals surface area contributed by atoms with Crippen molar-refractivity contribution < 1.29 is 23.7 Å². The molecule has 2 aliphatic rings. The van der Waals surface area contributed by atoms with Crippen LogP contribution in [-0.2, 0) is 14.3 Å². The summed E-state index contributed by atoms with van der Waals surface area (Å²) in [6, 6.07) is 3.81. The summed E-state index contributed by atoms with van der Waals surface area (Å²) in [4.78, 5) is 20.9. The number of carbonyl (C=O) groups excluding carboxylic acids is 1. The molecule has 8 nitrogen and oxygen atoms in total. The van der Waals surface area contributed by atoms with Gasteiger partial charge in [-0.1, -0.05) is 11.3 Å². The van der Waals surface area contributed by atoms with Crippen molar-refractivity contribution in [2.75, 3.05) is 26.4 Å². The van der Waals surface area contributed by atoms with E-state index in [1.54, 1.807) is 0 Å². The van der Waals surface area contributed by atoms with Crippen LogP contribution in [0.25, 0.3) is 10.3 Å². The van der Waals surface area contributed by atoms with E-state index >= 15 is 0 Å². The minimum Gasteiger partial charge on any atom is -0.477 e. The number of hydrogen-bond donors (Lipinski definition) is 1. The van der Waals surface area contributed by atoms with Crippen LogP contribution in [0.3, 0.4) is 0 Å². The van der Waals surface area contributed by atoms with Crippen molar-refractivity contribution >= 4 is 27.6 Å². The highest BCUT2D eigenvalue weighted by atomic mass is 32.1. The lowest BCUT2D eigenvalue weighted by atomic mass is 9.83. The van der Waals surface area contributed by atoms with Gasteiger partial charge in [-0.05, 0) is 31.7 Å². The van der Waals surface area contributed by atoms with E-state index in [1.807, 2.05) is 19.1 Å². The molecular weight excluding hydrogens is 394 g/mol. The first kappa shape index (κ1) is 20.3. The molecule has 1 N–H and O–H groups in total. The summed E-state index contributed by atoms with van der Waals surface area (Å²) in [6.45, 7) is 5.99. The number of rotatable bonds is 9. The number of aromatic nitrogens is 2. The number of amides is 1. The van der Waals surface area contributed by atoms with E-state index in [1.165, 1.54) is 18.3 Å². The van der Waals surface area contributed by atoms with E-state index in [9.17, 15) is 4.79 Å². The van der Waals surface area contributed by atoms with Crippen LogP contribution in [0, 0.1) is 5.92 Å². The van der Waals surface area contributed by atoms with Gasteiger partial charge in [0.15, 0.2) is 4.83 Å². The lowest BCUT2D eigenvalue weighted by molar-refractivity contribution is -0.120. The lowest BCUT2D eigenvalue weighted by Crippen LogP contribution is -2.40. The number of pyridine rings is 1. The van der Waals surface area contributed by atoms with Crippen LogP contribution in [0.5, 0.6) is 11.1 Å². The predicted molar refractivity (Wildman–Crippen MR) is 109 cm³/mol. The fourth-order valence-corrected chi connectivity index (χ4v) is 4.33. The highest BCUT2D eigenvalue weighted by Crippen LogP contribution is 2.32. The third-order valence-corrected chi connectivity index (χ3v) is 5.91. The quantitative estimate of drug-likeness (QED) is 0.665. The summed E-state index contributed by atoms with van der Waals surface area (Å²) in [5, 5.41) is 3.46. The first-order valence-corrected chi connectivity index (χ1v) is 10.9. The molecule has 0 radical (unpaired) electrons. The second-order valence-corrected chi connectivity index (χ2v) is 8.70. The van der Waals surface area contributed by atoms with Gasteiger partial charge in [0.1, 0.15) is 11.6 Å². The monoisotopic (exact) mass is 421 g/mol. The molecule has 1 saturated heterocycles. The van der Waals surface area contributed by atoms with E-state index in [-0.39, 0.29) is 24.2 Å². The molecule has 2 fully saturated rings. The minimum atomic E-state index is -0.0300. The first-order valence-electron chi connectivity index (χ1n) is 10.1. The molecule has 1 aliphatic heterocycles. The second-order valence-electron chi connectivity index (χ2n) is 7.76.